The first kappa shape index (κ1) is 13.2. The Balaban J connectivity index is 1.70. The maximum atomic E-state index is 13.5. The molecule has 0 amide bonds. The van der Waals surface area contributed by atoms with Gasteiger partial charge in [-0.2, -0.15) is 15.0 Å². The van der Waals surface area contributed by atoms with Gasteiger partial charge in [-0.05, 0) is 24.3 Å². The summed E-state index contributed by atoms with van der Waals surface area (Å²) >= 11 is 0. The first-order chi connectivity index (χ1) is 10.2. The first-order valence-corrected chi connectivity index (χ1v) is 6.38. The highest BCUT2D eigenvalue weighted by Crippen LogP contribution is 2.15. The van der Waals surface area contributed by atoms with E-state index in [0.29, 0.717) is 12.2 Å². The number of anilines is 1. The Kier molecular flexibility index (Phi) is 3.59. The summed E-state index contributed by atoms with van der Waals surface area (Å²) in [4.78, 5) is 1.50. The number of para-hydroxylation sites is 1. The number of rotatable bonds is 4. The third kappa shape index (κ3) is 3.05. The van der Waals surface area contributed by atoms with Crippen molar-refractivity contribution in [3.63, 3.8) is 0 Å². The fourth-order valence-electron chi connectivity index (χ4n) is 1.88. The Morgan fingerprint density at radius 1 is 1.05 bits per heavy atom. The molecule has 0 aliphatic carbocycles. The molecule has 0 aliphatic rings. The van der Waals surface area contributed by atoms with Gasteiger partial charge in [0.05, 0.1) is 24.1 Å². The molecule has 4 nitrogen and oxygen atoms in total. The Morgan fingerprint density at radius 3 is 2.62 bits per heavy atom. The second kappa shape index (κ2) is 5.70. The molecule has 0 unspecified atom stereocenters. The summed E-state index contributed by atoms with van der Waals surface area (Å²) in [5.74, 6) is -1.24. The molecule has 1 heterocycles. The molecule has 0 bridgehead atoms. The van der Waals surface area contributed by atoms with Gasteiger partial charge in [0.1, 0.15) is 17.3 Å². The third-order valence-corrected chi connectivity index (χ3v) is 2.92. The molecule has 0 radical (unpaired) electrons. The van der Waals surface area contributed by atoms with E-state index in [9.17, 15) is 8.78 Å². The number of nitrogens with one attached hydrogen (secondary N) is 1. The van der Waals surface area contributed by atoms with E-state index in [4.69, 9.17) is 0 Å². The summed E-state index contributed by atoms with van der Waals surface area (Å²) in [7, 11) is 0. The van der Waals surface area contributed by atoms with Crippen molar-refractivity contribution in [2.75, 3.05) is 5.32 Å². The summed E-state index contributed by atoms with van der Waals surface area (Å²) in [5.41, 5.74) is 1.73. The van der Waals surface area contributed by atoms with Crippen molar-refractivity contribution in [3.8, 4) is 5.69 Å². The molecule has 0 saturated heterocycles. The minimum atomic E-state index is -0.634. The molecule has 1 aromatic heterocycles. The van der Waals surface area contributed by atoms with E-state index in [2.05, 4.69) is 15.5 Å². The largest absolute Gasteiger partial charge is 0.377 e. The van der Waals surface area contributed by atoms with Gasteiger partial charge in [-0.1, -0.05) is 18.2 Å². The summed E-state index contributed by atoms with van der Waals surface area (Å²) in [6.45, 7) is 0.301. The average molecular weight is 286 g/mol. The summed E-state index contributed by atoms with van der Waals surface area (Å²) in [5, 5.41) is 11.3. The Labute approximate surface area is 120 Å². The van der Waals surface area contributed by atoms with Gasteiger partial charge in [0.25, 0.3) is 0 Å². The summed E-state index contributed by atoms with van der Waals surface area (Å²) in [6.07, 6.45) is 1.60. The maximum Gasteiger partial charge on any atom is 0.149 e. The minimum Gasteiger partial charge on any atom is -0.377 e. The lowest BCUT2D eigenvalue weighted by Gasteiger charge is -2.05. The van der Waals surface area contributed by atoms with E-state index in [0.717, 1.165) is 11.8 Å². The van der Waals surface area contributed by atoms with Crippen LogP contribution in [0.5, 0.6) is 0 Å². The maximum absolute atomic E-state index is 13.5. The zero-order chi connectivity index (χ0) is 14.7. The Hall–Kier alpha value is -2.76. The van der Waals surface area contributed by atoms with Crippen LogP contribution in [0.4, 0.5) is 14.5 Å². The Morgan fingerprint density at radius 2 is 1.86 bits per heavy atom. The normalized spacial score (nSPS) is 10.6. The van der Waals surface area contributed by atoms with Gasteiger partial charge in [-0.25, -0.2) is 8.78 Å². The second-order valence-corrected chi connectivity index (χ2v) is 4.44. The van der Waals surface area contributed by atoms with Crippen molar-refractivity contribution in [3.05, 3.63) is 72.1 Å². The zero-order valence-corrected chi connectivity index (χ0v) is 11.0. The first-order valence-electron chi connectivity index (χ1n) is 6.38. The van der Waals surface area contributed by atoms with Gasteiger partial charge < -0.3 is 5.32 Å². The molecule has 2 aromatic carbocycles. The monoisotopic (exact) mass is 286 g/mol. The average Bonchev–Trinajstić information content (AvgIpc) is 2.96. The molecule has 0 spiro atoms. The summed E-state index contributed by atoms with van der Waals surface area (Å²) < 4.78 is 26.3. The van der Waals surface area contributed by atoms with Crippen LogP contribution < -0.4 is 5.32 Å². The molecule has 0 atom stereocenters. The van der Waals surface area contributed by atoms with Crippen LogP contribution >= 0.6 is 0 Å². The van der Waals surface area contributed by atoms with Gasteiger partial charge in [-0.15, -0.1) is 0 Å². The molecule has 3 rings (SSSR count). The lowest BCUT2D eigenvalue weighted by atomic mass is 10.3. The predicted octanol–water partition coefficient (Wildman–Crippen LogP) is 3.16. The van der Waals surface area contributed by atoms with E-state index in [-0.39, 0.29) is 5.69 Å². The molecule has 0 saturated carbocycles. The molecule has 106 valence electrons. The number of halogens is 2. The predicted molar refractivity (Wildman–Crippen MR) is 75.0 cm³/mol. The van der Waals surface area contributed by atoms with Crippen LogP contribution in [-0.4, -0.2) is 15.0 Å². The van der Waals surface area contributed by atoms with Crippen LogP contribution in [-0.2, 0) is 6.54 Å². The van der Waals surface area contributed by atoms with Gasteiger partial charge >= 0.3 is 0 Å². The van der Waals surface area contributed by atoms with Crippen molar-refractivity contribution in [1.82, 2.24) is 15.0 Å². The van der Waals surface area contributed by atoms with Gasteiger partial charge in [0.15, 0.2) is 0 Å². The van der Waals surface area contributed by atoms with Crippen LogP contribution in [0.1, 0.15) is 5.69 Å². The van der Waals surface area contributed by atoms with Crippen molar-refractivity contribution in [1.29, 1.82) is 0 Å². The zero-order valence-electron chi connectivity index (χ0n) is 11.0. The standard InChI is InChI=1S/C15H12F2N4/c16-11-6-7-15(14(17)8-11)18-9-12-10-19-21(20-12)13-4-2-1-3-5-13/h1-8,10,18H,9H2. The lowest BCUT2D eigenvalue weighted by Crippen LogP contribution is -2.04. The van der Waals surface area contributed by atoms with Crippen molar-refractivity contribution in [2.45, 2.75) is 6.54 Å². The van der Waals surface area contributed by atoms with Crippen LogP contribution in [0.15, 0.2) is 54.7 Å². The number of hydrogen-bond acceptors (Lipinski definition) is 3. The highest BCUT2D eigenvalue weighted by Gasteiger charge is 2.06. The highest BCUT2D eigenvalue weighted by molar-refractivity contribution is 5.44. The van der Waals surface area contributed by atoms with Crippen LogP contribution in [0.25, 0.3) is 5.69 Å². The molecule has 0 aliphatic heterocycles. The van der Waals surface area contributed by atoms with Crippen molar-refractivity contribution in [2.24, 2.45) is 0 Å². The van der Waals surface area contributed by atoms with E-state index in [1.807, 2.05) is 30.3 Å². The number of nitrogens with zero attached hydrogens (tertiary/aromatic N) is 3. The molecule has 6 heteroatoms. The van der Waals surface area contributed by atoms with E-state index < -0.39 is 11.6 Å². The van der Waals surface area contributed by atoms with Crippen LogP contribution in [0, 0.1) is 11.6 Å². The molecule has 1 N–H and O–H groups in total. The van der Waals surface area contributed by atoms with E-state index in [1.54, 1.807) is 6.20 Å². The van der Waals surface area contributed by atoms with Crippen LogP contribution in [0.2, 0.25) is 0 Å². The minimum absolute atomic E-state index is 0.227. The van der Waals surface area contributed by atoms with Gasteiger partial charge in [0.2, 0.25) is 0 Å². The molecule has 21 heavy (non-hydrogen) atoms. The van der Waals surface area contributed by atoms with E-state index >= 15 is 0 Å². The van der Waals surface area contributed by atoms with Crippen molar-refractivity contribution >= 4 is 5.69 Å². The quantitative estimate of drug-likeness (QED) is 0.801. The van der Waals surface area contributed by atoms with E-state index in [1.165, 1.54) is 16.9 Å². The lowest BCUT2D eigenvalue weighted by molar-refractivity contribution is 0.585. The fraction of sp³-hybridized carbons (Fsp3) is 0.0667. The topological polar surface area (TPSA) is 42.7 Å². The van der Waals surface area contributed by atoms with Gasteiger partial charge in [0, 0.05) is 6.07 Å². The highest BCUT2D eigenvalue weighted by atomic mass is 19.1. The molecule has 3 aromatic rings. The third-order valence-electron chi connectivity index (χ3n) is 2.92. The Bertz CT molecular complexity index is 740. The van der Waals surface area contributed by atoms with Crippen LogP contribution in [0.3, 0.4) is 0 Å². The molecular formula is C15H12F2N4. The number of benzene rings is 2. The SMILES string of the molecule is Fc1ccc(NCc2cnn(-c3ccccc3)n2)c(F)c1. The smallest absolute Gasteiger partial charge is 0.149 e. The molecule has 0 fully saturated rings. The van der Waals surface area contributed by atoms with Gasteiger partial charge in [-0.3, -0.25) is 0 Å². The fourth-order valence-corrected chi connectivity index (χ4v) is 1.88. The number of hydrogen-bond donors (Lipinski definition) is 1. The van der Waals surface area contributed by atoms with Crippen molar-refractivity contribution < 1.29 is 8.78 Å². The second-order valence-electron chi connectivity index (χ2n) is 4.44. The number of aromatic nitrogens is 3. The summed E-state index contributed by atoms with van der Waals surface area (Å²) in [6, 6.07) is 12.9. The molecular weight excluding hydrogens is 274 g/mol.